The van der Waals surface area contributed by atoms with Crippen LogP contribution in [0, 0.1) is 0 Å². The zero-order valence-electron chi connectivity index (χ0n) is 11.2. The highest BCUT2D eigenvalue weighted by Crippen LogP contribution is 2.36. The van der Waals surface area contributed by atoms with Gasteiger partial charge in [0.25, 0.3) is 5.66 Å². The molecule has 1 amide bonds. The van der Waals surface area contributed by atoms with Gasteiger partial charge < -0.3 is 20.7 Å². The number of hydrogen-bond acceptors (Lipinski definition) is 8. The lowest BCUT2D eigenvalue weighted by molar-refractivity contribution is -0.674. The number of carbonyl (C=O) groups is 1. The second kappa shape index (κ2) is 4.11. The molecule has 0 aromatic rings. The Morgan fingerprint density at radius 2 is 2.24 bits per heavy atom. The molecule has 3 aliphatic heterocycles. The molecule has 0 radical (unpaired) electrons. The normalized spacial score (nSPS) is 36.2. The maximum absolute atomic E-state index is 10.8. The fourth-order valence-corrected chi connectivity index (χ4v) is 3.39. The Hall–Kier alpha value is -2.27. The lowest BCUT2D eigenvalue weighted by Crippen LogP contribution is -2.91. The second-order valence-electron chi connectivity index (χ2n) is 5.41. The zero-order valence-corrected chi connectivity index (χ0v) is 11.2. The fraction of sp³-hybridized carbons (Fsp3) is 0.700. The summed E-state index contributed by atoms with van der Waals surface area (Å²) in [6.45, 7) is 0.224. The van der Waals surface area contributed by atoms with Gasteiger partial charge in [-0.25, -0.2) is 14.7 Å². The molecule has 11 heteroatoms. The van der Waals surface area contributed by atoms with Gasteiger partial charge in [-0.1, -0.05) is 0 Å². The summed E-state index contributed by atoms with van der Waals surface area (Å²) in [5.74, 6) is -1.65. The van der Waals surface area contributed by atoms with Gasteiger partial charge in [-0.2, -0.15) is 0 Å². The van der Waals surface area contributed by atoms with Gasteiger partial charge >= 0.3 is 18.0 Å². The Morgan fingerprint density at radius 1 is 1.52 bits per heavy atom. The summed E-state index contributed by atoms with van der Waals surface area (Å²) in [5, 5.41) is 26.6. The van der Waals surface area contributed by atoms with E-state index in [4.69, 9.17) is 21.9 Å². The number of guanidine groups is 2. The summed E-state index contributed by atoms with van der Waals surface area (Å²) in [7, 11) is 0. The topological polar surface area (TPSA) is 186 Å². The number of hydrogen-bond donors (Lipinski definition) is 8. The highest BCUT2D eigenvalue weighted by atomic mass is 16.5. The van der Waals surface area contributed by atoms with E-state index < -0.39 is 29.6 Å². The average molecular weight is 301 g/mol. The van der Waals surface area contributed by atoms with Crippen molar-refractivity contribution < 1.29 is 29.3 Å². The summed E-state index contributed by atoms with van der Waals surface area (Å²) in [4.78, 5) is 13.7. The molecule has 0 bridgehead atoms. The summed E-state index contributed by atoms with van der Waals surface area (Å²) in [6, 6.07) is -1.14. The van der Waals surface area contributed by atoms with Crippen molar-refractivity contribution in [1.82, 2.24) is 10.6 Å². The van der Waals surface area contributed by atoms with Gasteiger partial charge in [-0.15, -0.1) is 0 Å². The fourth-order valence-electron chi connectivity index (χ4n) is 3.39. The van der Waals surface area contributed by atoms with Crippen LogP contribution in [0.5, 0.6) is 0 Å². The number of nitrogens with zero attached hydrogens (tertiary/aromatic N) is 1. The lowest BCUT2D eigenvalue weighted by atomic mass is 9.87. The summed E-state index contributed by atoms with van der Waals surface area (Å²) in [6.07, 6.45) is -0.850. The van der Waals surface area contributed by atoms with Crippen molar-refractivity contribution in [2.45, 2.75) is 30.0 Å². The third kappa shape index (κ3) is 1.70. The average Bonchev–Trinajstić information content (AvgIpc) is 2.85. The molecule has 21 heavy (non-hydrogen) atoms. The molecule has 1 saturated heterocycles. The first-order valence-corrected chi connectivity index (χ1v) is 6.48. The van der Waals surface area contributed by atoms with Crippen LogP contribution in [-0.2, 0) is 4.74 Å². The molecule has 3 atom stereocenters. The molecule has 1 fully saturated rings. The third-order valence-electron chi connectivity index (χ3n) is 4.24. The maximum Gasteiger partial charge on any atom is 0.404 e. The van der Waals surface area contributed by atoms with Crippen LogP contribution in [-0.4, -0.2) is 69.5 Å². The number of amides is 1. The van der Waals surface area contributed by atoms with E-state index in [2.05, 4.69) is 15.6 Å². The summed E-state index contributed by atoms with van der Waals surface area (Å²) in [5.41, 5.74) is 15.3. The van der Waals surface area contributed by atoms with Crippen molar-refractivity contribution in [2.24, 2.45) is 17.2 Å². The molecular formula is C10H19N7O4+2. The number of aliphatic hydroxyl groups is 2. The van der Waals surface area contributed by atoms with Gasteiger partial charge in [0, 0.05) is 6.42 Å². The van der Waals surface area contributed by atoms with E-state index in [0.29, 0.717) is 6.54 Å². The minimum absolute atomic E-state index is 0.0806. The summed E-state index contributed by atoms with van der Waals surface area (Å²) >= 11 is 0. The van der Waals surface area contributed by atoms with Crippen LogP contribution in [0.3, 0.4) is 0 Å². The molecule has 0 aromatic carbocycles. The molecule has 3 heterocycles. The predicted molar refractivity (Wildman–Crippen MR) is 68.4 cm³/mol. The Morgan fingerprint density at radius 3 is 2.90 bits per heavy atom. The smallest absolute Gasteiger partial charge is 0.404 e. The predicted octanol–water partition coefficient (Wildman–Crippen LogP) is -6.47. The number of primary amides is 1. The van der Waals surface area contributed by atoms with Crippen LogP contribution >= 0.6 is 0 Å². The van der Waals surface area contributed by atoms with Crippen LogP contribution in [0.4, 0.5) is 4.79 Å². The molecule has 1 spiro atoms. The van der Waals surface area contributed by atoms with Gasteiger partial charge in [-0.3, -0.25) is 21.8 Å². The Labute approximate surface area is 119 Å². The van der Waals surface area contributed by atoms with Crippen molar-refractivity contribution in [3.8, 4) is 0 Å². The molecule has 3 rings (SSSR count). The van der Waals surface area contributed by atoms with E-state index in [1.54, 1.807) is 4.58 Å². The Kier molecular flexibility index (Phi) is 2.68. The number of carbonyl (C=O) groups excluding carboxylic acids is 1. The second-order valence-corrected chi connectivity index (χ2v) is 5.41. The molecule has 0 aliphatic carbocycles. The quantitative estimate of drug-likeness (QED) is 0.183. The molecular weight excluding hydrogens is 282 g/mol. The SMILES string of the molecule is NC(=O)OC[C@@H]1NC(N)=[N+]2CCC(O)(O)[C@@]23NC(N)=[NH+][C@@H]13. The van der Waals surface area contributed by atoms with Gasteiger partial charge in [0.15, 0.2) is 6.04 Å². The third-order valence-corrected chi connectivity index (χ3v) is 4.24. The van der Waals surface area contributed by atoms with E-state index in [1.165, 1.54) is 0 Å². The minimum Gasteiger partial charge on any atom is -0.446 e. The first-order chi connectivity index (χ1) is 9.78. The van der Waals surface area contributed by atoms with Gasteiger partial charge in [0.05, 0.1) is 6.54 Å². The largest absolute Gasteiger partial charge is 0.446 e. The van der Waals surface area contributed by atoms with E-state index in [9.17, 15) is 15.0 Å². The number of nitrogens with two attached hydrogens (primary N) is 3. The van der Waals surface area contributed by atoms with Crippen molar-refractivity contribution in [3.63, 3.8) is 0 Å². The van der Waals surface area contributed by atoms with Crippen molar-refractivity contribution in [1.29, 1.82) is 0 Å². The van der Waals surface area contributed by atoms with Gasteiger partial charge in [0.2, 0.25) is 5.79 Å². The minimum atomic E-state index is -2.07. The van der Waals surface area contributed by atoms with E-state index in [-0.39, 0.29) is 24.9 Å². The molecule has 11 nitrogen and oxygen atoms in total. The van der Waals surface area contributed by atoms with Crippen LogP contribution in [0.15, 0.2) is 0 Å². The monoisotopic (exact) mass is 301 g/mol. The van der Waals surface area contributed by atoms with Crippen molar-refractivity contribution in [3.05, 3.63) is 0 Å². The van der Waals surface area contributed by atoms with E-state index in [1.807, 2.05) is 0 Å². The highest BCUT2D eigenvalue weighted by Gasteiger charge is 2.74. The van der Waals surface area contributed by atoms with Crippen LogP contribution < -0.4 is 32.8 Å². The van der Waals surface area contributed by atoms with Crippen LogP contribution in [0.25, 0.3) is 0 Å². The van der Waals surface area contributed by atoms with Gasteiger partial charge in [-0.05, 0) is 0 Å². The molecule has 3 aliphatic rings. The first-order valence-electron chi connectivity index (χ1n) is 6.48. The van der Waals surface area contributed by atoms with Crippen LogP contribution in [0.1, 0.15) is 6.42 Å². The van der Waals surface area contributed by atoms with E-state index in [0.717, 1.165) is 0 Å². The van der Waals surface area contributed by atoms with Gasteiger partial charge in [0.1, 0.15) is 12.6 Å². The molecule has 116 valence electrons. The molecule has 0 saturated carbocycles. The lowest BCUT2D eigenvalue weighted by Gasteiger charge is -2.40. The number of ether oxygens (including phenoxy) is 1. The van der Waals surface area contributed by atoms with E-state index >= 15 is 0 Å². The van der Waals surface area contributed by atoms with Crippen molar-refractivity contribution >= 4 is 18.0 Å². The highest BCUT2D eigenvalue weighted by molar-refractivity contribution is 5.78. The Balaban J connectivity index is 2.02. The number of nitrogens with one attached hydrogen (secondary N) is 3. The molecule has 0 aromatic heterocycles. The Bertz CT molecular complexity index is 560. The maximum atomic E-state index is 10.8. The van der Waals surface area contributed by atoms with Crippen molar-refractivity contribution in [2.75, 3.05) is 13.2 Å². The molecule has 0 unspecified atom stereocenters. The number of rotatable bonds is 2. The standard InChI is InChI=1S/C10H17N7O4/c11-6-15-5-4(3-21-8(13)18)14-7(12)17-2-1-9(19,20)10(5,17)16-6/h4-5,19-20H,1-3H2,(H7,11,12,13,14,15,16,18)/p+2/t4-,5-,10-/m0/s1. The zero-order chi connectivity index (χ0) is 15.4. The first kappa shape index (κ1) is 13.7. The summed E-state index contributed by atoms with van der Waals surface area (Å²) < 4.78 is 6.40. The molecule has 11 N–H and O–H groups in total. The van der Waals surface area contributed by atoms with Crippen LogP contribution in [0.2, 0.25) is 0 Å².